The first kappa shape index (κ1) is 24.4. The van der Waals surface area contributed by atoms with Crippen LogP contribution < -0.4 is 15.4 Å². The number of thiol groups is 1. The average Bonchev–Trinajstić information content (AvgIpc) is 3.52. The van der Waals surface area contributed by atoms with Crippen LogP contribution in [0.25, 0.3) is 0 Å². The lowest BCUT2D eigenvalue weighted by atomic mass is 10.0. The number of anilines is 2. The lowest BCUT2D eigenvalue weighted by molar-refractivity contribution is 0.131. The standard InChI is InChI=1S/C19H20BrN5O.C3H6S.O2/c1-11-18(25-17-5-2-12(9-21)6-16(17)20)22-10-23-19(11)26-15-7-13-3-4-14(8-15)24-13;4-3-1-2-3;1-2/h2,5-6,10,13-15,24H,3-4,7-8H2,1H3,(H,22,23,25);3-4H,1-2H2;. The van der Waals surface area contributed by atoms with E-state index in [-0.39, 0.29) is 6.10 Å². The fourth-order valence-electron chi connectivity index (χ4n) is 3.83. The summed E-state index contributed by atoms with van der Waals surface area (Å²) < 4.78 is 7.04. The molecule has 2 N–H and O–H groups in total. The molecule has 1 aromatic heterocycles. The van der Waals surface area contributed by atoms with Crippen molar-refractivity contribution in [2.75, 3.05) is 5.32 Å². The number of nitrogens with one attached hydrogen (secondary N) is 2. The summed E-state index contributed by atoms with van der Waals surface area (Å²) in [5.74, 6) is 1.34. The van der Waals surface area contributed by atoms with Crippen LogP contribution >= 0.6 is 28.6 Å². The molecule has 0 amide bonds. The molecule has 2 aromatic rings. The van der Waals surface area contributed by atoms with Crippen molar-refractivity contribution in [3.63, 3.8) is 0 Å². The molecular formula is C22H26BrN5O3S. The maximum Gasteiger partial charge on any atom is 0.221 e. The summed E-state index contributed by atoms with van der Waals surface area (Å²) in [7, 11) is 0. The predicted molar refractivity (Wildman–Crippen MR) is 131 cm³/mol. The van der Waals surface area contributed by atoms with E-state index in [1.54, 1.807) is 12.1 Å². The summed E-state index contributed by atoms with van der Waals surface area (Å²) in [5, 5.41) is 16.7. The van der Waals surface area contributed by atoms with Gasteiger partial charge < -0.3 is 15.4 Å². The Hall–Kier alpha value is -2.22. The minimum atomic E-state index is 0.205. The number of halogens is 1. The largest absolute Gasteiger partial charge is 0.474 e. The van der Waals surface area contributed by atoms with E-state index in [0.29, 0.717) is 29.3 Å². The summed E-state index contributed by atoms with van der Waals surface area (Å²) >= 11 is 7.57. The van der Waals surface area contributed by atoms with Crippen LogP contribution in [0.15, 0.2) is 29.0 Å². The second kappa shape index (κ2) is 11.6. The topological polar surface area (TPSA) is 117 Å². The lowest BCUT2D eigenvalue weighted by Gasteiger charge is -2.29. The van der Waals surface area contributed by atoms with E-state index >= 15 is 0 Å². The van der Waals surface area contributed by atoms with Gasteiger partial charge in [-0.05, 0) is 79.6 Å². The quantitative estimate of drug-likeness (QED) is 0.484. The highest BCUT2D eigenvalue weighted by molar-refractivity contribution is 9.10. The predicted octanol–water partition coefficient (Wildman–Crippen LogP) is 4.97. The normalized spacial score (nSPS) is 23.0. The van der Waals surface area contributed by atoms with Crippen molar-refractivity contribution in [1.29, 1.82) is 5.26 Å². The molecule has 8 nitrogen and oxygen atoms in total. The molecule has 2 bridgehead atoms. The van der Waals surface area contributed by atoms with Crippen molar-refractivity contribution in [1.82, 2.24) is 15.3 Å². The van der Waals surface area contributed by atoms with Gasteiger partial charge in [0.15, 0.2) is 0 Å². The number of hydrogen-bond donors (Lipinski definition) is 3. The summed E-state index contributed by atoms with van der Waals surface area (Å²) in [6.07, 6.45) is 8.98. The Labute approximate surface area is 201 Å². The van der Waals surface area contributed by atoms with E-state index in [1.807, 2.05) is 13.0 Å². The lowest BCUT2D eigenvalue weighted by Crippen LogP contribution is -2.42. The number of nitriles is 1. The van der Waals surface area contributed by atoms with Gasteiger partial charge in [0, 0.05) is 31.7 Å². The van der Waals surface area contributed by atoms with Crippen LogP contribution in [-0.2, 0) is 0 Å². The Morgan fingerprint density at radius 1 is 1.19 bits per heavy atom. The molecular weight excluding hydrogens is 494 g/mol. The monoisotopic (exact) mass is 519 g/mol. The highest BCUT2D eigenvalue weighted by Crippen LogP contribution is 2.33. The third-order valence-electron chi connectivity index (χ3n) is 5.64. The zero-order valence-corrected chi connectivity index (χ0v) is 20.2. The third kappa shape index (κ3) is 6.64. The summed E-state index contributed by atoms with van der Waals surface area (Å²) in [6, 6.07) is 8.69. The van der Waals surface area contributed by atoms with Gasteiger partial charge in [0.25, 0.3) is 0 Å². The molecule has 0 spiro atoms. The van der Waals surface area contributed by atoms with Crippen molar-refractivity contribution >= 4 is 40.1 Å². The summed E-state index contributed by atoms with van der Waals surface area (Å²) in [6.45, 7) is 1.96. The van der Waals surface area contributed by atoms with Crippen LogP contribution in [0.2, 0.25) is 0 Å². The molecule has 1 aromatic carbocycles. The van der Waals surface area contributed by atoms with Crippen LogP contribution in [0.3, 0.4) is 0 Å². The number of aromatic nitrogens is 2. The number of ether oxygens (including phenoxy) is 1. The average molecular weight is 520 g/mol. The molecule has 2 aliphatic heterocycles. The SMILES string of the molecule is Cc1c(Nc2ccc(C#N)cc2Br)ncnc1OC1CC2CCC(C1)N2.O=O.SC1CC1. The van der Waals surface area contributed by atoms with Gasteiger partial charge in [-0.25, -0.2) is 9.97 Å². The van der Waals surface area contributed by atoms with Gasteiger partial charge in [-0.1, -0.05) is 0 Å². The van der Waals surface area contributed by atoms with Crippen molar-refractivity contribution in [3.05, 3.63) is 50.1 Å². The van der Waals surface area contributed by atoms with Crippen molar-refractivity contribution in [2.24, 2.45) is 0 Å². The second-order valence-electron chi connectivity index (χ2n) is 8.16. The van der Waals surface area contributed by atoms with Gasteiger partial charge >= 0.3 is 0 Å². The molecule has 2 unspecified atom stereocenters. The Balaban J connectivity index is 0.000000426. The first-order valence-corrected chi connectivity index (χ1v) is 11.9. The van der Waals surface area contributed by atoms with Crippen LogP contribution in [0, 0.1) is 28.2 Å². The highest BCUT2D eigenvalue weighted by Gasteiger charge is 2.35. The smallest absolute Gasteiger partial charge is 0.221 e. The maximum absolute atomic E-state index is 8.99. The molecule has 170 valence electrons. The summed E-state index contributed by atoms with van der Waals surface area (Å²) in [4.78, 5) is 22.7. The van der Waals surface area contributed by atoms with E-state index in [0.717, 1.165) is 33.8 Å². The molecule has 3 heterocycles. The molecule has 5 rings (SSSR count). The molecule has 32 heavy (non-hydrogen) atoms. The number of benzene rings is 1. The molecule has 1 aliphatic carbocycles. The minimum Gasteiger partial charge on any atom is -0.474 e. The van der Waals surface area contributed by atoms with Gasteiger partial charge in [-0.2, -0.15) is 17.9 Å². The van der Waals surface area contributed by atoms with Crippen LogP contribution in [0.5, 0.6) is 5.88 Å². The van der Waals surface area contributed by atoms with Gasteiger partial charge in [0.1, 0.15) is 18.2 Å². The molecule has 0 radical (unpaired) electrons. The van der Waals surface area contributed by atoms with Gasteiger partial charge in [-0.3, -0.25) is 0 Å². The van der Waals surface area contributed by atoms with Gasteiger partial charge in [-0.15, -0.1) is 0 Å². The maximum atomic E-state index is 8.99. The fourth-order valence-corrected chi connectivity index (χ4v) is 4.45. The second-order valence-corrected chi connectivity index (χ2v) is 9.75. The van der Waals surface area contributed by atoms with Crippen LogP contribution in [-0.4, -0.2) is 33.4 Å². The molecule has 2 saturated heterocycles. The Bertz CT molecular complexity index is 957. The number of nitrogens with zero attached hydrogens (tertiary/aromatic N) is 3. The molecule has 3 aliphatic rings. The van der Waals surface area contributed by atoms with Crippen LogP contribution in [0.4, 0.5) is 11.5 Å². The molecule has 2 atom stereocenters. The van der Waals surface area contributed by atoms with Gasteiger partial charge in [0.2, 0.25) is 5.88 Å². The van der Waals surface area contributed by atoms with E-state index in [2.05, 4.69) is 55.2 Å². The zero-order chi connectivity index (χ0) is 23.1. The van der Waals surface area contributed by atoms with Crippen molar-refractivity contribution in [3.8, 4) is 11.9 Å². The fraction of sp³-hybridized carbons (Fsp3) is 0.500. The molecule has 1 saturated carbocycles. The van der Waals surface area contributed by atoms with Crippen molar-refractivity contribution < 1.29 is 4.74 Å². The Morgan fingerprint density at radius 3 is 2.41 bits per heavy atom. The van der Waals surface area contributed by atoms with Crippen LogP contribution in [0.1, 0.15) is 49.7 Å². The van der Waals surface area contributed by atoms with Crippen molar-refractivity contribution in [2.45, 2.75) is 68.9 Å². The Morgan fingerprint density at radius 2 is 1.84 bits per heavy atom. The van der Waals surface area contributed by atoms with E-state index < -0.39 is 0 Å². The minimum absolute atomic E-state index is 0.205. The number of fused-ring (bicyclic) bond motifs is 2. The third-order valence-corrected chi connectivity index (χ3v) is 6.82. The zero-order valence-electron chi connectivity index (χ0n) is 17.8. The molecule has 3 fully saturated rings. The summed E-state index contributed by atoms with van der Waals surface area (Å²) in [5.41, 5.74) is 2.33. The number of hydrogen-bond acceptors (Lipinski definition) is 9. The highest BCUT2D eigenvalue weighted by atomic mass is 79.9. The first-order chi connectivity index (χ1) is 15.5. The number of rotatable bonds is 4. The number of piperidine rings is 1. The first-order valence-electron chi connectivity index (χ1n) is 10.6. The Kier molecular flexibility index (Phi) is 8.84. The molecule has 10 heteroatoms. The van der Waals surface area contributed by atoms with E-state index in [9.17, 15) is 0 Å². The van der Waals surface area contributed by atoms with Gasteiger partial charge in [0.05, 0.1) is 22.9 Å². The van der Waals surface area contributed by atoms with E-state index in [4.69, 9.17) is 19.9 Å². The van der Waals surface area contributed by atoms with E-state index in [1.165, 1.54) is 32.0 Å².